The smallest absolute Gasteiger partial charge is 0.0213 e. The van der Waals surface area contributed by atoms with Gasteiger partial charge in [0.05, 0.1) is 0 Å². The Bertz CT molecular complexity index is 191. The molecule has 96 valence electrons. The van der Waals surface area contributed by atoms with Crippen molar-refractivity contribution in [1.29, 1.82) is 0 Å². The monoisotopic (exact) mass is 226 g/mol. The van der Waals surface area contributed by atoms with E-state index in [0.29, 0.717) is 11.5 Å². The Balaban J connectivity index is 2.19. The predicted octanol–water partition coefficient (Wildman–Crippen LogP) is 3.47. The number of hydrazine groups is 1. The molecule has 0 aliphatic heterocycles. The van der Waals surface area contributed by atoms with Gasteiger partial charge < -0.3 is 0 Å². The van der Waals surface area contributed by atoms with Crippen LogP contribution in [0.15, 0.2) is 0 Å². The number of hydrogen-bond donors (Lipinski definition) is 2. The first-order chi connectivity index (χ1) is 7.40. The first kappa shape index (κ1) is 14.0. The Kier molecular flexibility index (Phi) is 5.26. The maximum atomic E-state index is 5.64. The molecule has 16 heavy (non-hydrogen) atoms. The third-order valence-corrected chi connectivity index (χ3v) is 3.50. The van der Waals surface area contributed by atoms with Crippen molar-refractivity contribution < 1.29 is 0 Å². The zero-order valence-corrected chi connectivity index (χ0v) is 11.6. The van der Waals surface area contributed by atoms with E-state index in [9.17, 15) is 0 Å². The van der Waals surface area contributed by atoms with Crippen LogP contribution in [0.1, 0.15) is 66.2 Å². The summed E-state index contributed by atoms with van der Waals surface area (Å²) in [7, 11) is 0. The van der Waals surface area contributed by atoms with E-state index >= 15 is 0 Å². The van der Waals surface area contributed by atoms with Crippen LogP contribution in [0.4, 0.5) is 0 Å². The lowest BCUT2D eigenvalue weighted by atomic mass is 9.82. The van der Waals surface area contributed by atoms with Crippen LogP contribution in [0.5, 0.6) is 0 Å². The molecule has 1 fully saturated rings. The fraction of sp³-hybridized carbons (Fsp3) is 1.00. The van der Waals surface area contributed by atoms with Crippen LogP contribution in [-0.2, 0) is 0 Å². The summed E-state index contributed by atoms with van der Waals surface area (Å²) in [4.78, 5) is 0. The van der Waals surface area contributed by atoms with E-state index < -0.39 is 0 Å². The van der Waals surface area contributed by atoms with Crippen LogP contribution >= 0.6 is 0 Å². The normalized spacial score (nSPS) is 20.8. The molecular formula is C14H30N2. The van der Waals surface area contributed by atoms with Crippen molar-refractivity contribution in [3.8, 4) is 0 Å². The Morgan fingerprint density at radius 1 is 1.31 bits per heavy atom. The molecule has 0 radical (unpaired) electrons. The molecule has 0 heterocycles. The Labute approximate surface area is 101 Å². The Morgan fingerprint density at radius 2 is 1.94 bits per heavy atom. The van der Waals surface area contributed by atoms with Crippen LogP contribution in [0.25, 0.3) is 0 Å². The minimum absolute atomic E-state index is 0.440. The molecule has 1 aliphatic carbocycles. The third-order valence-electron chi connectivity index (χ3n) is 3.50. The largest absolute Gasteiger partial charge is 0.271 e. The van der Waals surface area contributed by atoms with Gasteiger partial charge in [0.15, 0.2) is 0 Å². The van der Waals surface area contributed by atoms with Gasteiger partial charge in [-0.2, -0.15) is 0 Å². The fourth-order valence-electron chi connectivity index (χ4n) is 2.73. The van der Waals surface area contributed by atoms with E-state index in [4.69, 9.17) is 5.84 Å². The van der Waals surface area contributed by atoms with Crippen molar-refractivity contribution in [3.63, 3.8) is 0 Å². The van der Waals surface area contributed by atoms with Gasteiger partial charge in [-0.05, 0) is 42.9 Å². The van der Waals surface area contributed by atoms with Gasteiger partial charge >= 0.3 is 0 Å². The average Bonchev–Trinajstić information content (AvgIpc) is 2.92. The van der Waals surface area contributed by atoms with Gasteiger partial charge in [0.2, 0.25) is 0 Å². The van der Waals surface area contributed by atoms with Gasteiger partial charge in [0, 0.05) is 6.04 Å². The highest BCUT2D eigenvalue weighted by Gasteiger charge is 2.23. The van der Waals surface area contributed by atoms with Gasteiger partial charge in [0.25, 0.3) is 0 Å². The summed E-state index contributed by atoms with van der Waals surface area (Å²) in [6.07, 6.45) is 8.05. The molecule has 2 atom stereocenters. The average molecular weight is 226 g/mol. The van der Waals surface area contributed by atoms with Gasteiger partial charge in [-0.15, -0.1) is 0 Å². The molecule has 2 unspecified atom stereocenters. The topological polar surface area (TPSA) is 38.0 Å². The molecular weight excluding hydrogens is 196 g/mol. The number of rotatable bonds is 7. The molecule has 0 saturated heterocycles. The molecule has 1 aliphatic rings. The summed E-state index contributed by atoms with van der Waals surface area (Å²) in [6.45, 7) is 9.31. The summed E-state index contributed by atoms with van der Waals surface area (Å²) < 4.78 is 0. The zero-order valence-electron chi connectivity index (χ0n) is 11.6. The lowest BCUT2D eigenvalue weighted by Crippen LogP contribution is -2.36. The standard InChI is InChI=1S/C14H30N2/c1-11(10-14(2,3)4)9-13(16-15)8-7-12-5-6-12/h11-13,16H,5-10,15H2,1-4H3. The SMILES string of the molecule is CC(CC(CCC1CC1)NN)CC(C)(C)C. The molecule has 3 N–H and O–H groups in total. The van der Waals surface area contributed by atoms with E-state index in [1.807, 2.05) is 0 Å². The highest BCUT2D eigenvalue weighted by atomic mass is 15.2. The molecule has 1 rings (SSSR count). The van der Waals surface area contributed by atoms with Crippen LogP contribution in [0.3, 0.4) is 0 Å². The van der Waals surface area contributed by atoms with E-state index in [1.54, 1.807) is 0 Å². The third kappa shape index (κ3) is 6.49. The van der Waals surface area contributed by atoms with Gasteiger partial charge in [-0.1, -0.05) is 40.5 Å². The van der Waals surface area contributed by atoms with E-state index in [-0.39, 0.29) is 0 Å². The van der Waals surface area contributed by atoms with Crippen LogP contribution in [0.2, 0.25) is 0 Å². The molecule has 0 aromatic rings. The number of nitrogens with two attached hydrogens (primary N) is 1. The van der Waals surface area contributed by atoms with Crippen molar-refractivity contribution in [1.82, 2.24) is 5.43 Å². The van der Waals surface area contributed by atoms with Crippen molar-refractivity contribution in [2.45, 2.75) is 72.3 Å². The maximum absolute atomic E-state index is 5.64. The van der Waals surface area contributed by atoms with E-state index in [2.05, 4.69) is 33.1 Å². The fourth-order valence-corrected chi connectivity index (χ4v) is 2.73. The lowest BCUT2D eigenvalue weighted by Gasteiger charge is -2.26. The molecule has 2 heteroatoms. The highest BCUT2D eigenvalue weighted by Crippen LogP contribution is 2.34. The van der Waals surface area contributed by atoms with Crippen molar-refractivity contribution in [2.75, 3.05) is 0 Å². The maximum Gasteiger partial charge on any atom is 0.0213 e. The van der Waals surface area contributed by atoms with Gasteiger partial charge in [-0.3, -0.25) is 11.3 Å². The molecule has 0 amide bonds. The van der Waals surface area contributed by atoms with Crippen molar-refractivity contribution in [2.24, 2.45) is 23.1 Å². The summed E-state index contributed by atoms with van der Waals surface area (Å²) in [5.74, 6) is 7.43. The summed E-state index contributed by atoms with van der Waals surface area (Å²) in [5, 5.41) is 0. The summed E-state index contributed by atoms with van der Waals surface area (Å²) in [5.41, 5.74) is 3.44. The lowest BCUT2D eigenvalue weighted by molar-refractivity contribution is 0.269. The second kappa shape index (κ2) is 6.02. The second-order valence-electron chi connectivity index (χ2n) is 6.99. The van der Waals surface area contributed by atoms with Crippen molar-refractivity contribution >= 4 is 0 Å². The molecule has 0 aromatic heterocycles. The molecule has 2 nitrogen and oxygen atoms in total. The molecule has 0 bridgehead atoms. The Morgan fingerprint density at radius 3 is 2.38 bits per heavy atom. The first-order valence-corrected chi connectivity index (χ1v) is 6.87. The summed E-state index contributed by atoms with van der Waals surface area (Å²) in [6, 6.07) is 0.526. The number of hydrogen-bond acceptors (Lipinski definition) is 2. The van der Waals surface area contributed by atoms with Crippen molar-refractivity contribution in [3.05, 3.63) is 0 Å². The zero-order chi connectivity index (χ0) is 12.2. The van der Waals surface area contributed by atoms with Gasteiger partial charge in [-0.25, -0.2) is 0 Å². The quantitative estimate of drug-likeness (QED) is 0.515. The van der Waals surface area contributed by atoms with Crippen LogP contribution < -0.4 is 11.3 Å². The Hall–Kier alpha value is -0.0800. The molecule has 0 spiro atoms. The predicted molar refractivity (Wildman–Crippen MR) is 70.9 cm³/mol. The first-order valence-electron chi connectivity index (χ1n) is 6.87. The highest BCUT2D eigenvalue weighted by molar-refractivity contribution is 4.78. The van der Waals surface area contributed by atoms with Gasteiger partial charge in [0.1, 0.15) is 0 Å². The molecule has 0 aromatic carbocycles. The second-order valence-corrected chi connectivity index (χ2v) is 6.99. The minimum Gasteiger partial charge on any atom is -0.271 e. The van der Waals surface area contributed by atoms with E-state index in [0.717, 1.165) is 11.8 Å². The van der Waals surface area contributed by atoms with Crippen LogP contribution in [0, 0.1) is 17.3 Å². The van der Waals surface area contributed by atoms with E-state index in [1.165, 1.54) is 38.5 Å². The van der Waals surface area contributed by atoms with Crippen LogP contribution in [-0.4, -0.2) is 6.04 Å². The number of nitrogens with one attached hydrogen (secondary N) is 1. The minimum atomic E-state index is 0.440. The summed E-state index contributed by atoms with van der Waals surface area (Å²) >= 11 is 0. The molecule has 1 saturated carbocycles.